The van der Waals surface area contributed by atoms with E-state index >= 15 is 0 Å². The summed E-state index contributed by atoms with van der Waals surface area (Å²) in [5.74, 6) is 1.69. The summed E-state index contributed by atoms with van der Waals surface area (Å²) in [4.78, 5) is 11.8. The monoisotopic (exact) mass is 344 g/mol. The average molecular weight is 345 g/mol. The van der Waals surface area contributed by atoms with Gasteiger partial charge in [0.15, 0.2) is 0 Å². The Bertz CT molecular complexity index is 690. The third-order valence-corrected chi connectivity index (χ3v) is 6.90. The van der Waals surface area contributed by atoms with Crippen molar-refractivity contribution in [2.45, 2.75) is 83.7 Å². The topological polar surface area (TPSA) is 35.0 Å². The lowest BCUT2D eigenvalue weighted by atomic mass is 9.84. The van der Waals surface area contributed by atoms with Crippen LogP contribution >= 0.6 is 11.3 Å². The van der Waals surface area contributed by atoms with Crippen LogP contribution in [0.5, 0.6) is 5.88 Å². The molecule has 0 bridgehead atoms. The van der Waals surface area contributed by atoms with Gasteiger partial charge in [-0.25, -0.2) is 9.97 Å². The number of nitrogens with zero attached hydrogens (tertiary/aromatic N) is 2. The minimum absolute atomic E-state index is 0.354. The molecule has 0 N–H and O–H groups in total. The minimum atomic E-state index is 0.354. The number of ether oxygens (including phenoxy) is 1. The molecule has 2 aliphatic carbocycles. The normalized spacial score (nSPS) is 21.8. The summed E-state index contributed by atoms with van der Waals surface area (Å²) in [7, 11) is 0. The van der Waals surface area contributed by atoms with Gasteiger partial charge in [0.05, 0.1) is 5.39 Å². The maximum atomic E-state index is 6.36. The van der Waals surface area contributed by atoms with E-state index in [4.69, 9.17) is 4.74 Å². The number of unbranched alkanes of at least 4 members (excludes halogenated alkanes) is 1. The molecule has 0 saturated heterocycles. The highest BCUT2D eigenvalue weighted by molar-refractivity contribution is 7.18. The third-order valence-electron chi connectivity index (χ3n) is 5.70. The molecule has 0 amide bonds. The smallest absolute Gasteiger partial charge is 0.225 e. The van der Waals surface area contributed by atoms with Crippen LogP contribution in [0.25, 0.3) is 10.2 Å². The number of thiophene rings is 1. The van der Waals surface area contributed by atoms with Crippen molar-refractivity contribution in [2.24, 2.45) is 5.92 Å². The molecule has 4 heteroatoms. The van der Waals surface area contributed by atoms with Crippen molar-refractivity contribution >= 4 is 21.6 Å². The number of hydrogen-bond acceptors (Lipinski definition) is 4. The van der Waals surface area contributed by atoms with E-state index < -0.39 is 0 Å². The van der Waals surface area contributed by atoms with Crippen LogP contribution in [0.15, 0.2) is 6.33 Å². The fraction of sp³-hybridized carbons (Fsp3) is 0.700. The van der Waals surface area contributed by atoms with Gasteiger partial charge in [-0.15, -0.1) is 11.3 Å². The second kappa shape index (κ2) is 7.38. The number of aromatic nitrogens is 2. The molecular weight excluding hydrogens is 316 g/mol. The lowest BCUT2D eigenvalue weighted by Crippen LogP contribution is -2.20. The van der Waals surface area contributed by atoms with Crippen molar-refractivity contribution in [3.63, 3.8) is 0 Å². The summed E-state index contributed by atoms with van der Waals surface area (Å²) < 4.78 is 6.36. The molecule has 3 nitrogen and oxygen atoms in total. The summed E-state index contributed by atoms with van der Waals surface area (Å²) in [6.45, 7) is 2.29. The van der Waals surface area contributed by atoms with E-state index in [1.54, 1.807) is 6.33 Å². The standard InChI is InChI=1S/C20H28N2OS/c1-2-3-7-14-10-11-17-16(12-14)18-19(21-13-22-20(18)24-17)23-15-8-5-4-6-9-15/h13-15H,2-12H2,1H3. The predicted molar refractivity (Wildman–Crippen MR) is 100.0 cm³/mol. The van der Waals surface area contributed by atoms with Gasteiger partial charge in [-0.1, -0.05) is 32.6 Å². The summed E-state index contributed by atoms with van der Waals surface area (Å²) >= 11 is 1.87. The number of fused-ring (bicyclic) bond motifs is 3. The van der Waals surface area contributed by atoms with Gasteiger partial charge in [0.1, 0.15) is 17.3 Å². The van der Waals surface area contributed by atoms with Crippen LogP contribution in [0.3, 0.4) is 0 Å². The first-order valence-electron chi connectivity index (χ1n) is 9.77. The maximum Gasteiger partial charge on any atom is 0.225 e. The molecule has 0 aromatic carbocycles. The van der Waals surface area contributed by atoms with Crippen molar-refractivity contribution in [1.29, 1.82) is 0 Å². The van der Waals surface area contributed by atoms with E-state index in [9.17, 15) is 0 Å². The third kappa shape index (κ3) is 3.30. The Balaban J connectivity index is 1.62. The Morgan fingerprint density at radius 2 is 2.04 bits per heavy atom. The van der Waals surface area contributed by atoms with Crippen molar-refractivity contribution in [3.05, 3.63) is 16.8 Å². The molecule has 1 atom stereocenters. The first kappa shape index (κ1) is 16.3. The van der Waals surface area contributed by atoms with Crippen LogP contribution in [0.4, 0.5) is 0 Å². The molecule has 1 unspecified atom stereocenters. The molecular formula is C20H28N2OS. The maximum absolute atomic E-state index is 6.36. The molecule has 24 heavy (non-hydrogen) atoms. The van der Waals surface area contributed by atoms with E-state index in [0.717, 1.165) is 16.6 Å². The Labute approximate surface area is 148 Å². The zero-order chi connectivity index (χ0) is 16.4. The molecule has 0 spiro atoms. The largest absolute Gasteiger partial charge is 0.474 e. The van der Waals surface area contributed by atoms with Crippen molar-refractivity contribution in [3.8, 4) is 5.88 Å². The van der Waals surface area contributed by atoms with Gasteiger partial charge in [0.25, 0.3) is 0 Å². The van der Waals surface area contributed by atoms with E-state index in [0.29, 0.717) is 6.10 Å². The average Bonchev–Trinajstić information content (AvgIpc) is 2.99. The molecule has 1 saturated carbocycles. The van der Waals surface area contributed by atoms with Crippen LogP contribution in [0, 0.1) is 5.92 Å². The number of aryl methyl sites for hydroxylation is 1. The van der Waals surface area contributed by atoms with Crippen LogP contribution in [0.1, 0.15) is 75.2 Å². The van der Waals surface area contributed by atoms with Gasteiger partial charge in [-0.05, 0) is 56.4 Å². The van der Waals surface area contributed by atoms with Crippen molar-refractivity contribution < 1.29 is 4.74 Å². The van der Waals surface area contributed by atoms with Crippen LogP contribution < -0.4 is 4.74 Å². The molecule has 2 heterocycles. The Kier molecular flexibility index (Phi) is 5.02. The molecule has 2 aliphatic rings. The second-order valence-corrected chi connectivity index (χ2v) is 8.58. The second-order valence-electron chi connectivity index (χ2n) is 7.49. The lowest BCUT2D eigenvalue weighted by molar-refractivity contribution is 0.150. The summed E-state index contributed by atoms with van der Waals surface area (Å²) in [6, 6.07) is 0. The van der Waals surface area contributed by atoms with Crippen LogP contribution in [-0.4, -0.2) is 16.1 Å². The van der Waals surface area contributed by atoms with E-state index in [1.165, 1.54) is 86.5 Å². The van der Waals surface area contributed by atoms with E-state index in [-0.39, 0.29) is 0 Å². The van der Waals surface area contributed by atoms with Gasteiger partial charge >= 0.3 is 0 Å². The molecule has 1 fully saturated rings. The van der Waals surface area contributed by atoms with Crippen LogP contribution in [0.2, 0.25) is 0 Å². The molecule has 2 aromatic rings. The van der Waals surface area contributed by atoms with Gasteiger partial charge in [0, 0.05) is 4.88 Å². The van der Waals surface area contributed by atoms with E-state index in [2.05, 4.69) is 16.9 Å². The van der Waals surface area contributed by atoms with E-state index in [1.807, 2.05) is 11.3 Å². The van der Waals surface area contributed by atoms with Gasteiger partial charge in [0.2, 0.25) is 5.88 Å². The molecule has 2 aromatic heterocycles. The zero-order valence-corrected chi connectivity index (χ0v) is 15.5. The SMILES string of the molecule is CCCCC1CCc2sc3ncnc(OC4CCCCC4)c3c2C1. The van der Waals surface area contributed by atoms with Gasteiger partial charge in [-0.2, -0.15) is 0 Å². The molecule has 130 valence electrons. The number of rotatable bonds is 5. The van der Waals surface area contributed by atoms with Gasteiger partial charge < -0.3 is 4.74 Å². The molecule has 4 rings (SSSR count). The van der Waals surface area contributed by atoms with Crippen molar-refractivity contribution in [1.82, 2.24) is 9.97 Å². The molecule has 0 aliphatic heterocycles. The summed E-state index contributed by atoms with van der Waals surface area (Å²) in [5.41, 5.74) is 1.51. The Morgan fingerprint density at radius 1 is 1.17 bits per heavy atom. The first-order chi connectivity index (χ1) is 11.8. The summed E-state index contributed by atoms with van der Waals surface area (Å²) in [6.07, 6.45) is 16.1. The predicted octanol–water partition coefficient (Wildman–Crippen LogP) is 5.70. The van der Waals surface area contributed by atoms with Gasteiger partial charge in [-0.3, -0.25) is 0 Å². The van der Waals surface area contributed by atoms with Crippen LogP contribution in [-0.2, 0) is 12.8 Å². The first-order valence-corrected chi connectivity index (χ1v) is 10.6. The Morgan fingerprint density at radius 3 is 2.88 bits per heavy atom. The Hall–Kier alpha value is -1.16. The lowest BCUT2D eigenvalue weighted by Gasteiger charge is -2.24. The number of hydrogen-bond donors (Lipinski definition) is 0. The minimum Gasteiger partial charge on any atom is -0.474 e. The van der Waals surface area contributed by atoms with Crippen molar-refractivity contribution in [2.75, 3.05) is 0 Å². The highest BCUT2D eigenvalue weighted by Gasteiger charge is 2.26. The quantitative estimate of drug-likeness (QED) is 0.698. The highest BCUT2D eigenvalue weighted by atomic mass is 32.1. The fourth-order valence-electron chi connectivity index (χ4n) is 4.32. The highest BCUT2D eigenvalue weighted by Crippen LogP contribution is 2.42. The summed E-state index contributed by atoms with van der Waals surface area (Å²) in [5, 5.41) is 1.24. The molecule has 0 radical (unpaired) electrons. The fourth-order valence-corrected chi connectivity index (χ4v) is 5.50. The zero-order valence-electron chi connectivity index (χ0n) is 14.7.